The minimum Gasteiger partial charge on any atom is -0.463 e. The largest absolute Gasteiger partial charge is 0.463 e. The van der Waals surface area contributed by atoms with Crippen LogP contribution in [-0.4, -0.2) is 24.5 Å². The summed E-state index contributed by atoms with van der Waals surface area (Å²) in [7, 11) is 0. The number of ether oxygens (including phenoxy) is 1. The van der Waals surface area contributed by atoms with E-state index in [9.17, 15) is 14.0 Å². The average Bonchev–Trinajstić information content (AvgIpc) is 2.46. The van der Waals surface area contributed by atoms with E-state index in [4.69, 9.17) is 27.9 Å². The quantitative estimate of drug-likeness (QED) is 0.650. The van der Waals surface area contributed by atoms with Crippen molar-refractivity contribution in [1.82, 2.24) is 10.6 Å². The number of rotatable bonds is 4. The molecule has 1 aromatic carbocycles. The zero-order valence-electron chi connectivity index (χ0n) is 11.6. The standard InChI is InChI=1S/C14H13Cl2FN2O3/c1-2-22-13(20)11-9(6-15)18-14(21)19-12(11)10-7(16)4-3-5-8(10)17/h3-5,12H,2,6H2,1H3,(H2,18,19,21). The number of allylic oxidation sites excluding steroid dienone is 1. The number of halogens is 3. The highest BCUT2D eigenvalue weighted by Gasteiger charge is 2.35. The molecule has 1 aliphatic heterocycles. The lowest BCUT2D eigenvalue weighted by molar-refractivity contribution is -0.139. The van der Waals surface area contributed by atoms with Gasteiger partial charge in [0, 0.05) is 16.3 Å². The summed E-state index contributed by atoms with van der Waals surface area (Å²) in [4.78, 5) is 23.9. The number of hydrogen-bond acceptors (Lipinski definition) is 3. The monoisotopic (exact) mass is 346 g/mol. The van der Waals surface area contributed by atoms with Crippen LogP contribution in [0.2, 0.25) is 5.02 Å². The topological polar surface area (TPSA) is 67.4 Å². The van der Waals surface area contributed by atoms with Gasteiger partial charge in [0.15, 0.2) is 0 Å². The maximum Gasteiger partial charge on any atom is 0.338 e. The number of carbonyl (C=O) groups is 2. The third-order valence-electron chi connectivity index (χ3n) is 3.07. The molecule has 2 rings (SSSR count). The number of amides is 2. The highest BCUT2D eigenvalue weighted by Crippen LogP contribution is 2.34. The van der Waals surface area contributed by atoms with Crippen molar-refractivity contribution in [2.45, 2.75) is 13.0 Å². The summed E-state index contributed by atoms with van der Waals surface area (Å²) in [6, 6.07) is 2.42. The van der Waals surface area contributed by atoms with Crippen molar-refractivity contribution in [2.24, 2.45) is 0 Å². The summed E-state index contributed by atoms with van der Waals surface area (Å²) in [5, 5.41) is 4.99. The van der Waals surface area contributed by atoms with Crippen LogP contribution >= 0.6 is 23.2 Å². The molecule has 0 aromatic heterocycles. The van der Waals surface area contributed by atoms with Crippen LogP contribution < -0.4 is 10.6 Å². The van der Waals surface area contributed by atoms with Crippen LogP contribution in [0.3, 0.4) is 0 Å². The third kappa shape index (κ3) is 3.18. The number of esters is 1. The minimum absolute atomic E-state index is 0.00955. The van der Waals surface area contributed by atoms with Gasteiger partial charge in [-0.2, -0.15) is 0 Å². The molecule has 0 aliphatic carbocycles. The van der Waals surface area contributed by atoms with E-state index in [0.29, 0.717) is 0 Å². The highest BCUT2D eigenvalue weighted by molar-refractivity contribution is 6.31. The van der Waals surface area contributed by atoms with E-state index in [0.717, 1.165) is 0 Å². The lowest BCUT2D eigenvalue weighted by atomic mass is 9.95. The molecule has 5 nitrogen and oxygen atoms in total. The summed E-state index contributed by atoms with van der Waals surface area (Å²) in [6.45, 7) is 1.77. The van der Waals surface area contributed by atoms with Gasteiger partial charge in [-0.15, -0.1) is 11.6 Å². The molecule has 22 heavy (non-hydrogen) atoms. The first-order valence-corrected chi connectivity index (χ1v) is 7.38. The van der Waals surface area contributed by atoms with E-state index < -0.39 is 23.9 Å². The van der Waals surface area contributed by atoms with Crippen molar-refractivity contribution >= 4 is 35.2 Å². The molecule has 8 heteroatoms. The molecule has 2 amide bonds. The van der Waals surface area contributed by atoms with Gasteiger partial charge in [-0.05, 0) is 19.1 Å². The highest BCUT2D eigenvalue weighted by atomic mass is 35.5. The van der Waals surface area contributed by atoms with Crippen LogP contribution in [0.5, 0.6) is 0 Å². The van der Waals surface area contributed by atoms with E-state index >= 15 is 0 Å². The average molecular weight is 347 g/mol. The molecule has 118 valence electrons. The van der Waals surface area contributed by atoms with Gasteiger partial charge in [-0.1, -0.05) is 17.7 Å². The van der Waals surface area contributed by atoms with Crippen molar-refractivity contribution < 1.29 is 18.7 Å². The lowest BCUT2D eigenvalue weighted by Gasteiger charge is -2.29. The molecule has 0 spiro atoms. The van der Waals surface area contributed by atoms with Crippen LogP contribution in [0.4, 0.5) is 9.18 Å². The minimum atomic E-state index is -1.07. The Labute approximate surface area is 136 Å². The smallest absolute Gasteiger partial charge is 0.338 e. The van der Waals surface area contributed by atoms with E-state index in [1.165, 1.54) is 18.2 Å². The van der Waals surface area contributed by atoms with E-state index in [1.807, 2.05) is 0 Å². The van der Waals surface area contributed by atoms with Gasteiger partial charge in [0.25, 0.3) is 0 Å². The first-order valence-electron chi connectivity index (χ1n) is 6.47. The normalized spacial score (nSPS) is 17.8. The van der Waals surface area contributed by atoms with Gasteiger partial charge in [0.2, 0.25) is 0 Å². The fraction of sp³-hybridized carbons (Fsp3) is 0.286. The second-order valence-electron chi connectivity index (χ2n) is 4.41. The number of benzene rings is 1. The van der Waals surface area contributed by atoms with Gasteiger partial charge >= 0.3 is 12.0 Å². The fourth-order valence-corrected chi connectivity index (χ4v) is 2.66. The van der Waals surface area contributed by atoms with Crippen LogP contribution in [-0.2, 0) is 9.53 Å². The van der Waals surface area contributed by atoms with Crippen LogP contribution in [0.25, 0.3) is 0 Å². The molecular formula is C14H13Cl2FN2O3. The molecule has 1 aromatic rings. The number of urea groups is 1. The van der Waals surface area contributed by atoms with Gasteiger partial charge in [0.1, 0.15) is 5.82 Å². The molecule has 0 bridgehead atoms. The SMILES string of the molecule is CCOC(=O)C1=C(CCl)NC(=O)NC1c1c(F)cccc1Cl. The summed E-state index contributed by atoms with van der Waals surface area (Å²) < 4.78 is 19.1. The first-order chi connectivity index (χ1) is 10.5. The van der Waals surface area contributed by atoms with E-state index in [1.54, 1.807) is 6.92 Å². The van der Waals surface area contributed by atoms with Crippen LogP contribution in [0, 0.1) is 5.82 Å². The van der Waals surface area contributed by atoms with Crippen molar-refractivity contribution in [3.8, 4) is 0 Å². The molecule has 1 atom stereocenters. The number of carbonyl (C=O) groups excluding carboxylic acids is 2. The molecule has 0 saturated carbocycles. The Balaban J connectivity index is 2.60. The Kier molecular flexibility index (Phi) is 5.26. The predicted molar refractivity (Wildman–Crippen MR) is 80.2 cm³/mol. The molecule has 0 saturated heterocycles. The van der Waals surface area contributed by atoms with Crippen molar-refractivity contribution in [1.29, 1.82) is 0 Å². The molecular weight excluding hydrogens is 334 g/mol. The Morgan fingerprint density at radius 1 is 1.45 bits per heavy atom. The first kappa shape index (κ1) is 16.6. The summed E-state index contributed by atoms with van der Waals surface area (Å²) in [5.74, 6) is -1.48. The maximum atomic E-state index is 14.2. The molecule has 1 unspecified atom stereocenters. The second kappa shape index (κ2) is 6.98. The number of nitrogens with one attached hydrogen (secondary N) is 2. The van der Waals surface area contributed by atoms with Crippen molar-refractivity contribution in [2.75, 3.05) is 12.5 Å². The number of hydrogen-bond donors (Lipinski definition) is 2. The van der Waals surface area contributed by atoms with Gasteiger partial charge < -0.3 is 15.4 Å². The van der Waals surface area contributed by atoms with Crippen molar-refractivity contribution in [3.05, 3.63) is 45.9 Å². The summed E-state index contributed by atoms with van der Waals surface area (Å²) in [5.41, 5.74) is 0.182. The molecule has 1 heterocycles. The molecule has 2 N–H and O–H groups in total. The van der Waals surface area contributed by atoms with Crippen LogP contribution in [0.15, 0.2) is 29.5 Å². The van der Waals surface area contributed by atoms with E-state index in [-0.39, 0.29) is 34.3 Å². The molecule has 0 radical (unpaired) electrons. The lowest BCUT2D eigenvalue weighted by Crippen LogP contribution is -2.46. The Hall–Kier alpha value is -1.79. The molecule has 0 fully saturated rings. The van der Waals surface area contributed by atoms with Gasteiger partial charge in [-0.3, -0.25) is 0 Å². The summed E-state index contributed by atoms with van der Waals surface area (Å²) in [6.07, 6.45) is 0. The Morgan fingerprint density at radius 3 is 2.77 bits per heavy atom. The zero-order chi connectivity index (χ0) is 16.3. The zero-order valence-corrected chi connectivity index (χ0v) is 13.1. The Bertz CT molecular complexity index is 629. The summed E-state index contributed by atoms with van der Waals surface area (Å²) >= 11 is 11.8. The molecule has 1 aliphatic rings. The Morgan fingerprint density at radius 2 is 2.18 bits per heavy atom. The third-order valence-corrected chi connectivity index (χ3v) is 3.67. The van der Waals surface area contributed by atoms with Crippen LogP contribution in [0.1, 0.15) is 18.5 Å². The fourth-order valence-electron chi connectivity index (χ4n) is 2.18. The second-order valence-corrected chi connectivity index (χ2v) is 5.09. The van der Waals surface area contributed by atoms with Crippen molar-refractivity contribution in [3.63, 3.8) is 0 Å². The predicted octanol–water partition coefficient (Wildman–Crippen LogP) is 2.89. The van der Waals surface area contributed by atoms with Gasteiger partial charge in [-0.25, -0.2) is 14.0 Å². The maximum absolute atomic E-state index is 14.2. The van der Waals surface area contributed by atoms with Gasteiger partial charge in [0.05, 0.1) is 24.1 Å². The van der Waals surface area contributed by atoms with E-state index in [2.05, 4.69) is 10.6 Å². The number of alkyl halides is 1.